The summed E-state index contributed by atoms with van der Waals surface area (Å²) in [5, 5.41) is 0.563. The van der Waals surface area contributed by atoms with Gasteiger partial charge < -0.3 is 4.90 Å². The fraction of sp³-hybridized carbons (Fsp3) is 0.333. The zero-order valence-electron chi connectivity index (χ0n) is 15.3. The Kier molecular flexibility index (Phi) is 4.89. The highest BCUT2D eigenvalue weighted by Gasteiger charge is 2.43. The van der Waals surface area contributed by atoms with Crippen molar-refractivity contribution in [1.82, 2.24) is 4.90 Å². The molecule has 2 aromatic carbocycles. The van der Waals surface area contributed by atoms with Gasteiger partial charge in [-0.2, -0.15) is 0 Å². The SMILES string of the molecule is Cc1ccc(N2C(=O)C[C@@H](N3CCN(c4ccccc4)CC3)C2=O)cc1Cl. The van der Waals surface area contributed by atoms with Crippen LogP contribution in [-0.4, -0.2) is 48.9 Å². The van der Waals surface area contributed by atoms with Crippen molar-refractivity contribution in [2.45, 2.75) is 19.4 Å². The molecule has 27 heavy (non-hydrogen) atoms. The first-order valence-electron chi connectivity index (χ1n) is 9.21. The van der Waals surface area contributed by atoms with Gasteiger partial charge in [0.1, 0.15) is 0 Å². The van der Waals surface area contributed by atoms with Gasteiger partial charge in [0.15, 0.2) is 0 Å². The van der Waals surface area contributed by atoms with Gasteiger partial charge in [-0.05, 0) is 36.8 Å². The summed E-state index contributed by atoms with van der Waals surface area (Å²) < 4.78 is 0. The van der Waals surface area contributed by atoms with Crippen LogP contribution in [0, 0.1) is 6.92 Å². The Morgan fingerprint density at radius 3 is 2.30 bits per heavy atom. The number of anilines is 2. The molecule has 2 fully saturated rings. The average Bonchev–Trinajstić information content (AvgIpc) is 2.99. The number of halogens is 1. The highest BCUT2D eigenvalue weighted by atomic mass is 35.5. The Hall–Kier alpha value is -2.37. The molecular weight excluding hydrogens is 362 g/mol. The number of hydrogen-bond acceptors (Lipinski definition) is 4. The van der Waals surface area contributed by atoms with Crippen LogP contribution in [0.2, 0.25) is 5.02 Å². The van der Waals surface area contributed by atoms with Gasteiger partial charge in [-0.3, -0.25) is 14.5 Å². The number of nitrogens with zero attached hydrogens (tertiary/aromatic N) is 3. The van der Waals surface area contributed by atoms with Crippen molar-refractivity contribution in [3.05, 3.63) is 59.1 Å². The lowest BCUT2D eigenvalue weighted by Gasteiger charge is -2.38. The first kappa shape index (κ1) is 18.0. The summed E-state index contributed by atoms with van der Waals surface area (Å²) in [6.45, 7) is 5.12. The van der Waals surface area contributed by atoms with E-state index in [4.69, 9.17) is 11.6 Å². The summed E-state index contributed by atoms with van der Waals surface area (Å²) in [4.78, 5) is 31.3. The molecule has 0 aromatic heterocycles. The first-order chi connectivity index (χ1) is 13.0. The summed E-state index contributed by atoms with van der Waals surface area (Å²) in [5.41, 5.74) is 2.68. The Balaban J connectivity index is 1.45. The van der Waals surface area contributed by atoms with Gasteiger partial charge in [0.2, 0.25) is 5.91 Å². The standard InChI is InChI=1S/C21H22ClN3O2/c1-15-7-8-17(13-18(15)22)25-20(26)14-19(21(25)27)24-11-9-23(10-12-24)16-5-3-2-4-6-16/h2-8,13,19H,9-12,14H2,1H3/t19-/m1/s1. The van der Waals surface area contributed by atoms with Crippen molar-refractivity contribution in [3.63, 3.8) is 0 Å². The van der Waals surface area contributed by atoms with Gasteiger partial charge in [0, 0.05) is 36.9 Å². The van der Waals surface area contributed by atoms with Gasteiger partial charge in [-0.15, -0.1) is 0 Å². The van der Waals surface area contributed by atoms with E-state index in [0.29, 0.717) is 10.7 Å². The summed E-state index contributed by atoms with van der Waals surface area (Å²) in [5.74, 6) is -0.302. The summed E-state index contributed by atoms with van der Waals surface area (Å²) >= 11 is 6.18. The maximum absolute atomic E-state index is 13.0. The smallest absolute Gasteiger partial charge is 0.251 e. The second-order valence-corrected chi connectivity index (χ2v) is 7.49. The van der Waals surface area contributed by atoms with E-state index in [2.05, 4.69) is 21.9 Å². The molecule has 2 amide bonds. The second-order valence-electron chi connectivity index (χ2n) is 7.08. The lowest BCUT2D eigenvalue weighted by Crippen LogP contribution is -2.52. The van der Waals surface area contributed by atoms with Crippen LogP contribution in [-0.2, 0) is 9.59 Å². The first-order valence-corrected chi connectivity index (χ1v) is 9.59. The third-order valence-corrected chi connectivity index (χ3v) is 5.82. The molecule has 2 aliphatic heterocycles. The maximum Gasteiger partial charge on any atom is 0.251 e. The van der Waals surface area contributed by atoms with Crippen LogP contribution in [0.4, 0.5) is 11.4 Å². The third kappa shape index (κ3) is 3.45. The van der Waals surface area contributed by atoms with E-state index in [-0.39, 0.29) is 24.3 Å². The molecule has 2 aromatic rings. The molecule has 2 heterocycles. The molecule has 0 spiro atoms. The lowest BCUT2D eigenvalue weighted by molar-refractivity contribution is -0.123. The van der Waals surface area contributed by atoms with Gasteiger partial charge >= 0.3 is 0 Å². The summed E-state index contributed by atoms with van der Waals surface area (Å²) in [7, 11) is 0. The van der Waals surface area contributed by atoms with Crippen LogP contribution in [0.1, 0.15) is 12.0 Å². The van der Waals surface area contributed by atoms with Crippen LogP contribution in [0.15, 0.2) is 48.5 Å². The normalized spacial score (nSPS) is 21.2. The van der Waals surface area contributed by atoms with E-state index < -0.39 is 0 Å². The molecule has 5 nitrogen and oxygen atoms in total. The number of benzene rings is 2. The number of imide groups is 1. The van der Waals surface area contributed by atoms with Crippen molar-refractivity contribution in [2.75, 3.05) is 36.0 Å². The maximum atomic E-state index is 13.0. The van der Waals surface area contributed by atoms with Crippen LogP contribution >= 0.6 is 11.6 Å². The zero-order valence-corrected chi connectivity index (χ0v) is 16.0. The number of hydrogen-bond donors (Lipinski definition) is 0. The summed E-state index contributed by atoms with van der Waals surface area (Å²) in [6.07, 6.45) is 0.232. The van der Waals surface area contributed by atoms with Crippen molar-refractivity contribution in [3.8, 4) is 0 Å². The van der Waals surface area contributed by atoms with Gasteiger partial charge in [0.05, 0.1) is 18.2 Å². The van der Waals surface area contributed by atoms with Crippen molar-refractivity contribution < 1.29 is 9.59 Å². The van der Waals surface area contributed by atoms with Gasteiger partial charge in [0.25, 0.3) is 5.91 Å². The lowest BCUT2D eigenvalue weighted by atomic mass is 10.1. The Morgan fingerprint density at radius 1 is 0.926 bits per heavy atom. The molecule has 0 unspecified atom stereocenters. The molecule has 1 atom stereocenters. The zero-order chi connectivity index (χ0) is 19.0. The Labute approximate surface area is 164 Å². The largest absolute Gasteiger partial charge is 0.369 e. The molecule has 140 valence electrons. The van der Waals surface area contributed by atoms with E-state index >= 15 is 0 Å². The van der Waals surface area contributed by atoms with E-state index in [1.54, 1.807) is 12.1 Å². The fourth-order valence-electron chi connectivity index (χ4n) is 3.82. The minimum atomic E-state index is -0.379. The molecule has 4 rings (SSSR count). The molecule has 6 heteroatoms. The third-order valence-electron chi connectivity index (χ3n) is 5.41. The molecule has 2 aliphatic rings. The van der Waals surface area contributed by atoms with E-state index in [0.717, 1.165) is 31.7 Å². The van der Waals surface area contributed by atoms with Crippen LogP contribution < -0.4 is 9.80 Å². The van der Waals surface area contributed by atoms with Gasteiger partial charge in [-0.25, -0.2) is 4.90 Å². The van der Waals surface area contributed by atoms with Gasteiger partial charge in [-0.1, -0.05) is 35.9 Å². The topological polar surface area (TPSA) is 43.9 Å². The van der Waals surface area contributed by atoms with E-state index in [9.17, 15) is 9.59 Å². The molecular formula is C21H22ClN3O2. The highest BCUT2D eigenvalue weighted by molar-refractivity contribution is 6.32. The average molecular weight is 384 g/mol. The number of piperazine rings is 1. The highest BCUT2D eigenvalue weighted by Crippen LogP contribution is 2.30. The molecule has 0 aliphatic carbocycles. The monoisotopic (exact) mass is 383 g/mol. The molecule has 0 N–H and O–H groups in total. The quantitative estimate of drug-likeness (QED) is 0.764. The second kappa shape index (κ2) is 7.33. The number of carbonyl (C=O) groups is 2. The number of aryl methyl sites for hydroxylation is 1. The van der Waals surface area contributed by atoms with Crippen LogP contribution in [0.5, 0.6) is 0 Å². The molecule has 2 saturated heterocycles. The number of para-hydroxylation sites is 1. The number of carbonyl (C=O) groups excluding carboxylic acids is 2. The molecule has 0 bridgehead atoms. The molecule has 0 saturated carbocycles. The van der Waals surface area contributed by atoms with E-state index in [1.807, 2.05) is 31.2 Å². The summed E-state index contributed by atoms with van der Waals surface area (Å²) in [6, 6.07) is 15.2. The predicted molar refractivity (Wildman–Crippen MR) is 107 cm³/mol. The minimum Gasteiger partial charge on any atom is -0.369 e. The van der Waals surface area contributed by atoms with E-state index in [1.165, 1.54) is 10.6 Å². The van der Waals surface area contributed by atoms with Crippen molar-refractivity contribution >= 4 is 34.8 Å². The van der Waals surface area contributed by atoms with Crippen LogP contribution in [0.3, 0.4) is 0 Å². The van der Waals surface area contributed by atoms with Crippen LogP contribution in [0.25, 0.3) is 0 Å². The fourth-order valence-corrected chi connectivity index (χ4v) is 4.00. The molecule has 0 radical (unpaired) electrons. The van der Waals surface area contributed by atoms with Crippen molar-refractivity contribution in [1.29, 1.82) is 0 Å². The Morgan fingerprint density at radius 2 is 1.63 bits per heavy atom. The number of amides is 2. The number of rotatable bonds is 3. The van der Waals surface area contributed by atoms with Crippen molar-refractivity contribution in [2.24, 2.45) is 0 Å². The Bertz CT molecular complexity index is 863. The minimum absolute atomic E-state index is 0.145. The predicted octanol–water partition coefficient (Wildman–Crippen LogP) is 3.10.